The molecule has 0 spiro atoms. The molecule has 1 fully saturated rings. The molecule has 1 saturated heterocycles. The van der Waals surface area contributed by atoms with Crippen LogP contribution < -0.4 is 4.90 Å². The van der Waals surface area contributed by atoms with Gasteiger partial charge in [-0.2, -0.15) is 0 Å². The molecule has 32 heavy (non-hydrogen) atoms. The molecule has 7 heteroatoms. The van der Waals surface area contributed by atoms with Crippen molar-refractivity contribution in [1.29, 1.82) is 0 Å². The van der Waals surface area contributed by atoms with E-state index >= 15 is 0 Å². The molecule has 1 aliphatic heterocycles. The number of fused-ring (bicyclic) bond motifs is 1. The lowest BCUT2D eigenvalue weighted by Gasteiger charge is -2.12. The Hall–Kier alpha value is -2.99. The van der Waals surface area contributed by atoms with Crippen molar-refractivity contribution in [2.75, 3.05) is 4.90 Å². The van der Waals surface area contributed by atoms with E-state index in [9.17, 15) is 9.59 Å². The Bertz CT molecular complexity index is 1410. The Kier molecular flexibility index (Phi) is 5.55. The summed E-state index contributed by atoms with van der Waals surface area (Å²) in [6.07, 6.45) is 3.77. The van der Waals surface area contributed by atoms with Gasteiger partial charge in [0.2, 0.25) is 0 Å². The Morgan fingerprint density at radius 2 is 1.69 bits per heavy atom. The zero-order chi connectivity index (χ0) is 22.2. The van der Waals surface area contributed by atoms with Crippen molar-refractivity contribution >= 4 is 68.8 Å². The minimum Gasteiger partial charge on any atom is -0.342 e. The molecule has 0 N–H and O–H groups in total. The number of rotatable bonds is 4. The maximum absolute atomic E-state index is 13.1. The molecule has 158 valence electrons. The van der Waals surface area contributed by atoms with Crippen LogP contribution in [0.5, 0.6) is 0 Å². The van der Waals surface area contributed by atoms with E-state index in [-0.39, 0.29) is 11.1 Å². The minimum absolute atomic E-state index is 0.344. The van der Waals surface area contributed by atoms with Crippen molar-refractivity contribution in [3.05, 3.63) is 105 Å². The third-order valence-electron chi connectivity index (χ3n) is 5.26. The highest BCUT2D eigenvalue weighted by atomic mass is 35.5. The molecule has 4 nitrogen and oxygen atoms in total. The second-order valence-corrected chi connectivity index (χ2v) is 9.15. The second kappa shape index (κ2) is 8.51. The quantitative estimate of drug-likeness (QED) is 0.290. The summed E-state index contributed by atoms with van der Waals surface area (Å²) in [6, 6.07) is 22.4. The van der Waals surface area contributed by atoms with Gasteiger partial charge in [0.25, 0.3) is 11.1 Å². The Morgan fingerprint density at radius 1 is 0.906 bits per heavy atom. The molecule has 3 aromatic carbocycles. The van der Waals surface area contributed by atoms with Crippen molar-refractivity contribution in [1.82, 2.24) is 4.57 Å². The zero-order valence-electron chi connectivity index (χ0n) is 16.7. The molecule has 4 aromatic rings. The molecule has 0 atom stereocenters. The fraction of sp³-hybridized carbons (Fsp3) is 0.0400. The molecule has 0 unspecified atom stereocenters. The maximum atomic E-state index is 13.1. The average Bonchev–Trinajstić information content (AvgIpc) is 3.26. The van der Waals surface area contributed by atoms with E-state index in [1.165, 1.54) is 0 Å². The molecule has 0 bridgehead atoms. The fourth-order valence-corrected chi connectivity index (χ4v) is 4.99. The predicted octanol–water partition coefficient (Wildman–Crippen LogP) is 7.24. The average molecular weight is 479 g/mol. The maximum Gasteiger partial charge on any atom is 0.298 e. The van der Waals surface area contributed by atoms with Gasteiger partial charge in [-0.15, -0.1) is 0 Å². The smallest absolute Gasteiger partial charge is 0.298 e. The van der Waals surface area contributed by atoms with Gasteiger partial charge in [0.1, 0.15) is 0 Å². The molecule has 0 radical (unpaired) electrons. The van der Waals surface area contributed by atoms with E-state index in [0.717, 1.165) is 38.7 Å². The lowest BCUT2D eigenvalue weighted by molar-refractivity contribution is -0.113. The zero-order valence-corrected chi connectivity index (χ0v) is 19.0. The topological polar surface area (TPSA) is 42.3 Å². The van der Waals surface area contributed by atoms with Crippen LogP contribution in [0.25, 0.3) is 17.0 Å². The fourth-order valence-electron chi connectivity index (χ4n) is 3.78. The van der Waals surface area contributed by atoms with Crippen LogP contribution in [-0.2, 0) is 11.3 Å². The van der Waals surface area contributed by atoms with Crippen LogP contribution in [-0.4, -0.2) is 15.7 Å². The lowest BCUT2D eigenvalue weighted by atomic mass is 10.1. The Labute approximate surface area is 199 Å². The number of carbonyl (C=O) groups is 2. The number of anilines is 1. The van der Waals surface area contributed by atoms with Crippen molar-refractivity contribution < 1.29 is 9.59 Å². The van der Waals surface area contributed by atoms with Crippen LogP contribution in [0, 0.1) is 0 Å². The summed E-state index contributed by atoms with van der Waals surface area (Å²) in [7, 11) is 0. The van der Waals surface area contributed by atoms with Gasteiger partial charge in [-0.1, -0.05) is 65.7 Å². The van der Waals surface area contributed by atoms with E-state index in [1.807, 2.05) is 54.7 Å². The number of aromatic nitrogens is 1. The Balaban J connectivity index is 1.53. The summed E-state index contributed by atoms with van der Waals surface area (Å²) in [6.45, 7) is 0.595. The molecule has 1 aliphatic rings. The highest BCUT2D eigenvalue weighted by Gasteiger charge is 2.36. The number of thioether (sulfide) groups is 1. The summed E-state index contributed by atoms with van der Waals surface area (Å²) in [5.41, 5.74) is 3.35. The predicted molar refractivity (Wildman–Crippen MR) is 132 cm³/mol. The number of benzene rings is 3. The molecule has 0 saturated carbocycles. The largest absolute Gasteiger partial charge is 0.342 e. The molecule has 0 aliphatic carbocycles. The molecule has 1 aromatic heterocycles. The van der Waals surface area contributed by atoms with E-state index in [0.29, 0.717) is 27.2 Å². The third-order valence-corrected chi connectivity index (χ3v) is 6.74. The van der Waals surface area contributed by atoms with Crippen LogP contribution in [0.2, 0.25) is 10.0 Å². The van der Waals surface area contributed by atoms with Gasteiger partial charge in [0.15, 0.2) is 0 Å². The highest BCUT2D eigenvalue weighted by molar-refractivity contribution is 8.19. The third kappa shape index (κ3) is 3.84. The van der Waals surface area contributed by atoms with Gasteiger partial charge in [0.05, 0.1) is 10.6 Å². The lowest BCUT2D eigenvalue weighted by Crippen LogP contribution is -2.27. The number of imide groups is 1. The van der Waals surface area contributed by atoms with Crippen LogP contribution in [0.1, 0.15) is 11.1 Å². The highest BCUT2D eigenvalue weighted by Crippen LogP contribution is 2.37. The summed E-state index contributed by atoms with van der Waals surface area (Å²) >= 11 is 13.3. The Morgan fingerprint density at radius 3 is 2.50 bits per heavy atom. The minimum atomic E-state index is -0.356. The number of hydrogen-bond acceptors (Lipinski definition) is 3. The van der Waals surface area contributed by atoms with Crippen molar-refractivity contribution in [3.8, 4) is 0 Å². The van der Waals surface area contributed by atoms with E-state index in [1.54, 1.807) is 30.3 Å². The van der Waals surface area contributed by atoms with Crippen molar-refractivity contribution in [2.45, 2.75) is 6.54 Å². The van der Waals surface area contributed by atoms with E-state index in [2.05, 4.69) is 4.57 Å². The van der Waals surface area contributed by atoms with Gasteiger partial charge < -0.3 is 4.57 Å². The molecule has 2 heterocycles. The van der Waals surface area contributed by atoms with Crippen LogP contribution in [0.4, 0.5) is 10.5 Å². The normalized spacial score (nSPS) is 15.3. The molecule has 5 rings (SSSR count). The number of para-hydroxylation sites is 1. The van der Waals surface area contributed by atoms with E-state index in [4.69, 9.17) is 23.2 Å². The first kappa shape index (κ1) is 20.9. The van der Waals surface area contributed by atoms with Gasteiger partial charge in [-0.05, 0) is 53.7 Å². The van der Waals surface area contributed by atoms with Gasteiger partial charge in [-0.25, -0.2) is 4.90 Å². The molecular weight excluding hydrogens is 463 g/mol. The van der Waals surface area contributed by atoms with Crippen molar-refractivity contribution in [3.63, 3.8) is 0 Å². The summed E-state index contributed by atoms with van der Waals surface area (Å²) in [4.78, 5) is 27.2. The van der Waals surface area contributed by atoms with Crippen LogP contribution >= 0.6 is 35.0 Å². The van der Waals surface area contributed by atoms with Gasteiger partial charge in [-0.3, -0.25) is 9.59 Å². The molecular formula is C25H16Cl2N2O2S. The summed E-state index contributed by atoms with van der Waals surface area (Å²) < 4.78 is 2.10. The van der Waals surface area contributed by atoms with Gasteiger partial charge in [0, 0.05) is 39.3 Å². The molecule has 2 amide bonds. The second-order valence-electron chi connectivity index (χ2n) is 7.32. The van der Waals surface area contributed by atoms with Crippen LogP contribution in [0.3, 0.4) is 0 Å². The number of nitrogens with zero attached hydrogens (tertiary/aromatic N) is 2. The SMILES string of the molecule is O=C1S/C(=C/c2cn(Cc3ccccc3Cl)c3ccccc23)C(=O)N1c1cccc(Cl)c1. The van der Waals surface area contributed by atoms with Gasteiger partial charge >= 0.3 is 0 Å². The number of amides is 2. The number of halogens is 2. The first-order chi connectivity index (χ1) is 15.5. The first-order valence-corrected chi connectivity index (χ1v) is 11.4. The number of carbonyl (C=O) groups excluding carboxylic acids is 2. The first-order valence-electron chi connectivity index (χ1n) is 9.86. The van der Waals surface area contributed by atoms with E-state index < -0.39 is 0 Å². The number of hydrogen-bond donors (Lipinski definition) is 0. The summed E-state index contributed by atoms with van der Waals surface area (Å²) in [5, 5.41) is 1.82. The standard InChI is InChI=1S/C25H16Cl2N2O2S/c26-18-7-5-8-19(13-18)29-24(30)23(32-25(29)31)12-17-15-28(22-11-4-2-9-20(17)22)14-16-6-1-3-10-21(16)27/h1-13,15H,14H2/b23-12+. The monoisotopic (exact) mass is 478 g/mol. The van der Waals surface area contributed by atoms with Crippen LogP contribution in [0.15, 0.2) is 83.9 Å². The van der Waals surface area contributed by atoms with Crippen molar-refractivity contribution in [2.24, 2.45) is 0 Å². The summed E-state index contributed by atoms with van der Waals surface area (Å²) in [5.74, 6) is -0.356.